The maximum atomic E-state index is 13.9. The first-order valence-corrected chi connectivity index (χ1v) is 12.0. The van der Waals surface area contributed by atoms with Gasteiger partial charge in [0, 0.05) is 19.3 Å². The van der Waals surface area contributed by atoms with Gasteiger partial charge in [0.25, 0.3) is 5.91 Å². The maximum Gasteiger partial charge on any atom is 0.253 e. The minimum atomic E-state index is -3.38. The highest BCUT2D eigenvalue weighted by Gasteiger charge is 2.32. The Morgan fingerprint density at radius 1 is 1.13 bits per heavy atom. The van der Waals surface area contributed by atoms with E-state index in [1.54, 1.807) is 26.2 Å². The zero-order valence-corrected chi connectivity index (χ0v) is 19.5. The van der Waals surface area contributed by atoms with Crippen molar-refractivity contribution in [3.05, 3.63) is 29.8 Å². The molecule has 1 N–H and O–H groups in total. The molecule has 7 nitrogen and oxygen atoms in total. The molecule has 1 aromatic carbocycles. The molecule has 0 aromatic heterocycles. The third-order valence-electron chi connectivity index (χ3n) is 4.36. The fourth-order valence-corrected chi connectivity index (χ4v) is 3.64. The van der Waals surface area contributed by atoms with Gasteiger partial charge < -0.3 is 19.5 Å². The lowest BCUT2D eigenvalue weighted by atomic mass is 9.87. The molecule has 0 saturated heterocycles. The summed E-state index contributed by atoms with van der Waals surface area (Å²) in [6.45, 7) is 2.26. The van der Waals surface area contributed by atoms with Crippen LogP contribution in [0.4, 0.5) is 4.39 Å². The molecule has 0 spiro atoms. The van der Waals surface area contributed by atoms with Crippen LogP contribution in [0, 0.1) is 0 Å². The van der Waals surface area contributed by atoms with E-state index in [1.807, 2.05) is 0 Å². The van der Waals surface area contributed by atoms with Crippen LogP contribution in [0.1, 0.15) is 18.4 Å². The zero-order chi connectivity index (χ0) is 22.7. The number of amides is 1. The highest BCUT2D eigenvalue weighted by atomic mass is 35.5. The number of ether oxygens (including phenoxy) is 3. The van der Waals surface area contributed by atoms with Crippen molar-refractivity contribution >= 4 is 38.9 Å². The van der Waals surface area contributed by atoms with E-state index < -0.39 is 45.3 Å². The second kappa shape index (κ2) is 13.4. The Bertz CT molecular complexity index is 748. The molecule has 172 valence electrons. The first kappa shape index (κ1) is 27.1. The van der Waals surface area contributed by atoms with E-state index in [2.05, 4.69) is 5.32 Å². The van der Waals surface area contributed by atoms with Gasteiger partial charge >= 0.3 is 0 Å². The number of carbonyl (C=O) groups excluding carboxylic acids is 1. The monoisotopic (exact) mass is 487 g/mol. The molecule has 0 aliphatic rings. The van der Waals surface area contributed by atoms with Gasteiger partial charge in [-0.3, -0.25) is 4.79 Å². The van der Waals surface area contributed by atoms with E-state index in [-0.39, 0.29) is 11.5 Å². The van der Waals surface area contributed by atoms with E-state index in [4.69, 9.17) is 37.4 Å². The number of rotatable bonds is 14. The van der Waals surface area contributed by atoms with Gasteiger partial charge in [-0.2, -0.15) is 0 Å². The number of halogens is 3. The van der Waals surface area contributed by atoms with Crippen molar-refractivity contribution in [1.82, 2.24) is 5.32 Å². The van der Waals surface area contributed by atoms with Crippen molar-refractivity contribution in [2.24, 2.45) is 0 Å². The second-order valence-electron chi connectivity index (χ2n) is 6.62. The smallest absolute Gasteiger partial charge is 0.253 e. The van der Waals surface area contributed by atoms with Crippen molar-refractivity contribution < 1.29 is 31.8 Å². The Balaban J connectivity index is 3.01. The van der Waals surface area contributed by atoms with Gasteiger partial charge in [0.2, 0.25) is 0 Å². The predicted molar refractivity (Wildman–Crippen MR) is 114 cm³/mol. The lowest BCUT2D eigenvalue weighted by Crippen LogP contribution is -2.46. The molecule has 0 saturated carbocycles. The number of benzene rings is 1. The molecule has 3 atom stereocenters. The summed E-state index contributed by atoms with van der Waals surface area (Å²) >= 11 is 11.2. The average Bonchev–Trinajstić information content (AvgIpc) is 2.69. The summed E-state index contributed by atoms with van der Waals surface area (Å²) in [6, 6.07) is 5.03. The highest BCUT2D eigenvalue weighted by molar-refractivity contribution is 7.90. The molecule has 0 heterocycles. The van der Waals surface area contributed by atoms with Crippen LogP contribution in [0.3, 0.4) is 0 Å². The maximum absolute atomic E-state index is 13.9. The lowest BCUT2D eigenvalue weighted by Gasteiger charge is -2.31. The standard InChI is InChI=1S/C19H28Cl2FNO6S/c1-13(29-11-10-28-9-8-27-2)17(16(12-22)23-19(24)18(20)21)14-4-6-15(7-5-14)30(3,25)26/h4-7,13,16-18H,8-12H2,1-3H3,(H,23,24)/t13?,16-,17-/m1/s1. The van der Waals surface area contributed by atoms with Crippen LogP contribution in [0.2, 0.25) is 0 Å². The van der Waals surface area contributed by atoms with Crippen LogP contribution < -0.4 is 5.32 Å². The SMILES string of the molecule is COCCOCCOC(C)[C@H](c1ccc(S(C)(=O)=O)cc1)[C@@H](CF)NC(=O)C(Cl)Cl. The second-order valence-corrected chi connectivity index (χ2v) is 9.73. The predicted octanol–water partition coefficient (Wildman–Crippen LogP) is 2.50. The van der Waals surface area contributed by atoms with Gasteiger partial charge in [-0.25, -0.2) is 12.8 Å². The highest BCUT2D eigenvalue weighted by Crippen LogP contribution is 2.28. The number of carbonyl (C=O) groups is 1. The number of hydrogen-bond donors (Lipinski definition) is 1. The minimum absolute atomic E-state index is 0.132. The molecule has 30 heavy (non-hydrogen) atoms. The Morgan fingerprint density at radius 2 is 1.73 bits per heavy atom. The van der Waals surface area contributed by atoms with Crippen LogP contribution in [0.5, 0.6) is 0 Å². The number of hydrogen-bond acceptors (Lipinski definition) is 6. The van der Waals surface area contributed by atoms with Crippen LogP contribution in [0.25, 0.3) is 0 Å². The summed E-state index contributed by atoms with van der Waals surface area (Å²) in [6.07, 6.45) is 0.561. The molecule has 11 heteroatoms. The number of alkyl halides is 3. The number of nitrogens with one attached hydrogen (secondary N) is 1. The quantitative estimate of drug-likeness (QED) is 0.320. The summed E-state index contributed by atoms with van der Waals surface area (Å²) in [5.41, 5.74) is 0.596. The Morgan fingerprint density at radius 3 is 2.23 bits per heavy atom. The fraction of sp³-hybridized carbons (Fsp3) is 0.632. The van der Waals surface area contributed by atoms with E-state index >= 15 is 0 Å². The topological polar surface area (TPSA) is 90.9 Å². The third-order valence-corrected chi connectivity index (χ3v) is 5.89. The summed E-state index contributed by atoms with van der Waals surface area (Å²) in [5.74, 6) is -1.35. The summed E-state index contributed by atoms with van der Waals surface area (Å²) < 4.78 is 53.3. The largest absolute Gasteiger partial charge is 0.382 e. The Hall–Kier alpha value is -0.970. The summed E-state index contributed by atoms with van der Waals surface area (Å²) in [5, 5.41) is 2.48. The molecule has 0 fully saturated rings. The average molecular weight is 488 g/mol. The van der Waals surface area contributed by atoms with E-state index in [0.717, 1.165) is 6.26 Å². The molecule has 0 aliphatic carbocycles. The molecule has 1 rings (SSSR count). The van der Waals surface area contributed by atoms with Crippen molar-refractivity contribution in [2.75, 3.05) is 46.5 Å². The molecule has 0 radical (unpaired) electrons. The van der Waals surface area contributed by atoms with E-state index in [1.165, 1.54) is 12.1 Å². The Labute approximate surface area is 187 Å². The van der Waals surface area contributed by atoms with Crippen LogP contribution >= 0.6 is 23.2 Å². The molecule has 1 aromatic rings. The lowest BCUT2D eigenvalue weighted by molar-refractivity contribution is -0.120. The van der Waals surface area contributed by atoms with Crippen molar-refractivity contribution in [3.63, 3.8) is 0 Å². The van der Waals surface area contributed by atoms with Gasteiger partial charge in [-0.1, -0.05) is 35.3 Å². The van der Waals surface area contributed by atoms with Gasteiger partial charge in [0.15, 0.2) is 14.7 Å². The van der Waals surface area contributed by atoms with Crippen LogP contribution in [-0.2, 0) is 28.8 Å². The molecular weight excluding hydrogens is 460 g/mol. The first-order valence-electron chi connectivity index (χ1n) is 9.24. The molecule has 0 aliphatic heterocycles. The zero-order valence-electron chi connectivity index (χ0n) is 17.1. The molecule has 1 unspecified atom stereocenters. The van der Waals surface area contributed by atoms with Crippen molar-refractivity contribution in [2.45, 2.75) is 34.7 Å². The van der Waals surface area contributed by atoms with Gasteiger partial charge in [0.1, 0.15) is 6.67 Å². The number of methoxy groups -OCH3 is 1. The summed E-state index contributed by atoms with van der Waals surface area (Å²) in [7, 11) is -1.81. The normalized spacial score (nSPS) is 15.0. The first-order chi connectivity index (χ1) is 14.1. The van der Waals surface area contributed by atoms with Crippen LogP contribution in [-0.4, -0.2) is 77.8 Å². The molecule has 1 amide bonds. The Kier molecular flexibility index (Phi) is 12.1. The summed E-state index contributed by atoms with van der Waals surface area (Å²) in [4.78, 5) is 10.7. The van der Waals surface area contributed by atoms with E-state index in [9.17, 15) is 17.6 Å². The molecular formula is C19H28Cl2FNO6S. The van der Waals surface area contributed by atoms with Gasteiger partial charge in [0.05, 0.1) is 43.5 Å². The van der Waals surface area contributed by atoms with Crippen molar-refractivity contribution in [1.29, 1.82) is 0 Å². The number of sulfone groups is 1. The van der Waals surface area contributed by atoms with E-state index in [0.29, 0.717) is 25.4 Å². The fourth-order valence-electron chi connectivity index (χ4n) is 2.88. The third kappa shape index (κ3) is 9.03. The van der Waals surface area contributed by atoms with Gasteiger partial charge in [-0.05, 0) is 24.6 Å². The van der Waals surface area contributed by atoms with Gasteiger partial charge in [-0.15, -0.1) is 0 Å². The minimum Gasteiger partial charge on any atom is -0.382 e. The van der Waals surface area contributed by atoms with Crippen LogP contribution in [0.15, 0.2) is 29.2 Å². The van der Waals surface area contributed by atoms with Crippen molar-refractivity contribution in [3.8, 4) is 0 Å². The molecule has 0 bridgehead atoms.